The fraction of sp³-hybridized carbons (Fsp3) is 0.231. The molecule has 4 rings (SSSR count). The van der Waals surface area contributed by atoms with E-state index in [0.717, 1.165) is 29.4 Å². The highest BCUT2D eigenvalue weighted by molar-refractivity contribution is 5.82. The maximum atomic E-state index is 14.0. The minimum absolute atomic E-state index is 0.0582. The van der Waals surface area contributed by atoms with Gasteiger partial charge in [-0.25, -0.2) is 18.4 Å². The van der Waals surface area contributed by atoms with Crippen LogP contribution < -0.4 is 5.32 Å². The average Bonchev–Trinajstić information content (AvgIpc) is 3.14. The Bertz CT molecular complexity index is 1240. The number of carbonyl (C=O) groups excluding carboxylic acids is 2. The van der Waals surface area contributed by atoms with Gasteiger partial charge in [-0.1, -0.05) is 48.5 Å². The van der Waals surface area contributed by atoms with E-state index >= 15 is 0 Å². The number of rotatable bonds is 6. The SMILES string of the molecule is COC(=O)C(Cc1cc(F)c(C(F)(F)F)c(F)c1)NC(=O)OCC1c2ccccc2-c2ccccc21. The van der Waals surface area contributed by atoms with Gasteiger partial charge >= 0.3 is 18.2 Å². The van der Waals surface area contributed by atoms with Crippen molar-refractivity contribution in [1.82, 2.24) is 5.32 Å². The molecule has 1 aliphatic rings. The van der Waals surface area contributed by atoms with Crippen molar-refractivity contribution in [3.8, 4) is 11.1 Å². The van der Waals surface area contributed by atoms with Crippen LogP contribution in [-0.4, -0.2) is 31.8 Å². The lowest BCUT2D eigenvalue weighted by Crippen LogP contribution is -2.43. The molecule has 0 radical (unpaired) electrons. The first-order chi connectivity index (χ1) is 17.1. The summed E-state index contributed by atoms with van der Waals surface area (Å²) in [6, 6.07) is 14.8. The zero-order valence-electron chi connectivity index (χ0n) is 18.9. The minimum atomic E-state index is -5.23. The van der Waals surface area contributed by atoms with E-state index in [1.54, 1.807) is 0 Å². The van der Waals surface area contributed by atoms with Crippen LogP contribution in [0.25, 0.3) is 11.1 Å². The van der Waals surface area contributed by atoms with Gasteiger partial charge in [0.15, 0.2) is 0 Å². The lowest BCUT2D eigenvalue weighted by molar-refractivity contribution is -0.143. The molecule has 0 aliphatic heterocycles. The van der Waals surface area contributed by atoms with E-state index in [2.05, 4.69) is 10.1 Å². The number of esters is 1. The van der Waals surface area contributed by atoms with Gasteiger partial charge in [-0.05, 0) is 39.9 Å². The largest absolute Gasteiger partial charge is 0.467 e. The Kier molecular flexibility index (Phi) is 6.96. The van der Waals surface area contributed by atoms with Crippen LogP contribution in [0.2, 0.25) is 0 Å². The second kappa shape index (κ2) is 9.96. The number of hydrogen-bond acceptors (Lipinski definition) is 4. The van der Waals surface area contributed by atoms with Gasteiger partial charge in [0.05, 0.1) is 7.11 Å². The van der Waals surface area contributed by atoms with Crippen LogP contribution >= 0.6 is 0 Å². The zero-order chi connectivity index (χ0) is 26.0. The van der Waals surface area contributed by atoms with Crippen LogP contribution in [0.3, 0.4) is 0 Å². The highest BCUT2D eigenvalue weighted by Gasteiger charge is 2.38. The highest BCUT2D eigenvalue weighted by Crippen LogP contribution is 2.44. The molecule has 0 aromatic heterocycles. The zero-order valence-corrected chi connectivity index (χ0v) is 18.9. The van der Waals surface area contributed by atoms with Crippen LogP contribution in [0.1, 0.15) is 28.2 Å². The highest BCUT2D eigenvalue weighted by atomic mass is 19.4. The third-order valence-corrected chi connectivity index (χ3v) is 5.95. The molecular formula is C26H20F5NO4. The maximum Gasteiger partial charge on any atom is 0.422 e. The number of amides is 1. The molecular weight excluding hydrogens is 485 g/mol. The van der Waals surface area contributed by atoms with Crippen molar-refractivity contribution in [2.24, 2.45) is 0 Å². The fourth-order valence-electron chi connectivity index (χ4n) is 4.37. The molecule has 188 valence electrons. The minimum Gasteiger partial charge on any atom is -0.467 e. The van der Waals surface area contributed by atoms with Gasteiger partial charge < -0.3 is 14.8 Å². The molecule has 0 fully saturated rings. The third-order valence-electron chi connectivity index (χ3n) is 5.95. The maximum absolute atomic E-state index is 14.0. The normalized spacial score (nSPS) is 13.5. The van der Waals surface area contributed by atoms with Crippen molar-refractivity contribution in [1.29, 1.82) is 0 Å². The van der Waals surface area contributed by atoms with Gasteiger partial charge in [0.1, 0.15) is 29.8 Å². The third kappa shape index (κ3) is 5.02. The summed E-state index contributed by atoms with van der Waals surface area (Å²) in [5.41, 5.74) is 1.64. The van der Waals surface area contributed by atoms with Crippen molar-refractivity contribution in [2.75, 3.05) is 13.7 Å². The molecule has 0 heterocycles. The van der Waals surface area contributed by atoms with Crippen molar-refractivity contribution in [2.45, 2.75) is 24.6 Å². The topological polar surface area (TPSA) is 64.6 Å². The molecule has 0 bridgehead atoms. The molecule has 0 saturated carbocycles. The summed E-state index contributed by atoms with van der Waals surface area (Å²) in [5, 5.41) is 2.27. The van der Waals surface area contributed by atoms with Crippen molar-refractivity contribution < 1.29 is 41.0 Å². The quantitative estimate of drug-likeness (QED) is 0.350. The van der Waals surface area contributed by atoms with Crippen molar-refractivity contribution in [3.05, 3.63) is 94.6 Å². The summed E-state index contributed by atoms with van der Waals surface area (Å²) < 4.78 is 76.4. The van der Waals surface area contributed by atoms with E-state index in [1.165, 1.54) is 0 Å². The summed E-state index contributed by atoms with van der Waals surface area (Å²) in [7, 11) is 1.03. The lowest BCUT2D eigenvalue weighted by Gasteiger charge is -2.19. The molecule has 1 unspecified atom stereocenters. The van der Waals surface area contributed by atoms with Gasteiger partial charge in [0.2, 0.25) is 0 Å². The second-order valence-electron chi connectivity index (χ2n) is 8.18. The Labute approximate surface area is 202 Å². The number of carbonyl (C=O) groups is 2. The summed E-state index contributed by atoms with van der Waals surface area (Å²) in [6.45, 7) is -0.0582. The van der Waals surface area contributed by atoms with E-state index in [0.29, 0.717) is 12.1 Å². The molecule has 36 heavy (non-hydrogen) atoms. The molecule has 5 nitrogen and oxygen atoms in total. The van der Waals surface area contributed by atoms with Crippen LogP contribution in [0.4, 0.5) is 26.7 Å². The second-order valence-corrected chi connectivity index (χ2v) is 8.18. The number of methoxy groups -OCH3 is 1. The fourth-order valence-corrected chi connectivity index (χ4v) is 4.37. The van der Waals surface area contributed by atoms with E-state index in [-0.39, 0.29) is 18.1 Å². The molecule has 1 atom stereocenters. The number of alkyl carbamates (subject to hydrolysis) is 1. The lowest BCUT2D eigenvalue weighted by atomic mass is 9.98. The van der Waals surface area contributed by atoms with Crippen LogP contribution in [0, 0.1) is 11.6 Å². The number of fused-ring (bicyclic) bond motifs is 3. The smallest absolute Gasteiger partial charge is 0.422 e. The van der Waals surface area contributed by atoms with E-state index in [1.807, 2.05) is 48.5 Å². The summed E-state index contributed by atoms with van der Waals surface area (Å²) in [6.07, 6.45) is -6.75. The molecule has 1 aliphatic carbocycles. The Morgan fingerprint density at radius 3 is 1.97 bits per heavy atom. The van der Waals surface area contributed by atoms with Crippen LogP contribution in [-0.2, 0) is 26.9 Å². The van der Waals surface area contributed by atoms with Gasteiger partial charge in [-0.3, -0.25) is 0 Å². The molecule has 3 aromatic rings. The average molecular weight is 505 g/mol. The van der Waals surface area contributed by atoms with Gasteiger partial charge in [-0.2, -0.15) is 13.2 Å². The molecule has 3 aromatic carbocycles. The number of hydrogen-bond donors (Lipinski definition) is 1. The number of alkyl halides is 3. The summed E-state index contributed by atoms with van der Waals surface area (Å²) >= 11 is 0. The molecule has 1 amide bonds. The molecule has 0 spiro atoms. The van der Waals surface area contributed by atoms with Crippen LogP contribution in [0.15, 0.2) is 60.7 Å². The predicted octanol–water partition coefficient (Wildman–Crippen LogP) is 5.61. The standard InChI is InChI=1S/C26H20F5NO4/c1-35-24(33)22(12-14-10-20(27)23(21(28)11-14)26(29,30)31)32-25(34)36-13-19-17-8-4-2-6-15(17)16-7-3-5-9-18(16)19/h2-11,19,22H,12-13H2,1H3,(H,32,34). The van der Waals surface area contributed by atoms with Crippen molar-refractivity contribution in [3.63, 3.8) is 0 Å². The van der Waals surface area contributed by atoms with E-state index in [9.17, 15) is 31.5 Å². The first-order valence-electron chi connectivity index (χ1n) is 10.8. The van der Waals surface area contributed by atoms with Crippen LogP contribution in [0.5, 0.6) is 0 Å². The Morgan fingerprint density at radius 1 is 0.944 bits per heavy atom. The Morgan fingerprint density at radius 2 is 1.47 bits per heavy atom. The number of benzene rings is 3. The van der Waals surface area contributed by atoms with Gasteiger partial charge in [-0.15, -0.1) is 0 Å². The first-order valence-corrected chi connectivity index (χ1v) is 10.8. The van der Waals surface area contributed by atoms with E-state index < -0.39 is 47.9 Å². The van der Waals surface area contributed by atoms with E-state index in [4.69, 9.17) is 4.74 Å². The predicted molar refractivity (Wildman–Crippen MR) is 119 cm³/mol. The first kappa shape index (κ1) is 25.2. The van der Waals surface area contributed by atoms with Gasteiger partial charge in [0.25, 0.3) is 0 Å². The number of nitrogens with one attached hydrogen (secondary N) is 1. The van der Waals surface area contributed by atoms with Crippen molar-refractivity contribution >= 4 is 12.1 Å². The van der Waals surface area contributed by atoms with Gasteiger partial charge in [0, 0.05) is 12.3 Å². The summed E-state index contributed by atoms with van der Waals surface area (Å²) in [4.78, 5) is 24.7. The Balaban J connectivity index is 1.47. The summed E-state index contributed by atoms with van der Waals surface area (Å²) in [5.74, 6) is -4.88. The number of ether oxygens (including phenoxy) is 2. The monoisotopic (exact) mass is 505 g/mol. The Hall–Kier alpha value is -3.95. The molecule has 10 heteroatoms. The molecule has 1 N–H and O–H groups in total. The number of halogens is 5. The molecule has 0 saturated heterocycles.